The van der Waals surface area contributed by atoms with Crippen molar-refractivity contribution in [2.24, 2.45) is 0 Å². The summed E-state index contributed by atoms with van der Waals surface area (Å²) in [5.74, 6) is 0. The van der Waals surface area contributed by atoms with E-state index in [1.807, 2.05) is 32.0 Å². The summed E-state index contributed by atoms with van der Waals surface area (Å²) in [6.07, 6.45) is 0. The molecule has 0 spiro atoms. The van der Waals surface area contributed by atoms with Crippen molar-refractivity contribution >= 4 is 0 Å². The van der Waals surface area contributed by atoms with E-state index in [4.69, 9.17) is 0 Å². The lowest BCUT2D eigenvalue weighted by Crippen LogP contribution is -1.71. The molecular weight excluding hydrogens is 228 g/mol. The maximum absolute atomic E-state index is 3.56. The Balaban J connectivity index is 0.000000272. The molecule has 0 nitrogen and oxygen atoms in total. The summed E-state index contributed by atoms with van der Waals surface area (Å²) >= 11 is 0. The summed E-state index contributed by atoms with van der Waals surface area (Å²) in [6, 6.07) is 18.7. The van der Waals surface area contributed by atoms with Gasteiger partial charge in [0.25, 0.3) is 0 Å². The van der Waals surface area contributed by atoms with Gasteiger partial charge < -0.3 is 0 Å². The zero-order valence-electron chi connectivity index (χ0n) is 12.9. The second-order valence-electron chi connectivity index (χ2n) is 5.02. The van der Waals surface area contributed by atoms with Crippen LogP contribution in [-0.2, 0) is 0 Å². The second-order valence-corrected chi connectivity index (χ2v) is 5.02. The summed E-state index contributed by atoms with van der Waals surface area (Å²) in [7, 11) is 0. The van der Waals surface area contributed by atoms with Crippen LogP contribution in [0.2, 0.25) is 0 Å². The van der Waals surface area contributed by atoms with E-state index in [1.165, 1.54) is 22.3 Å². The summed E-state index contributed by atoms with van der Waals surface area (Å²) < 4.78 is 0. The van der Waals surface area contributed by atoms with Crippen molar-refractivity contribution in [3.05, 3.63) is 83.4 Å². The van der Waals surface area contributed by atoms with E-state index in [0.29, 0.717) is 0 Å². The highest BCUT2D eigenvalue weighted by atomic mass is 13.9. The Kier molecular flexibility index (Phi) is 9.16. The smallest absolute Gasteiger partial charge is 0.0398 e. The van der Waals surface area contributed by atoms with Crippen LogP contribution < -0.4 is 0 Å². The van der Waals surface area contributed by atoms with E-state index in [-0.39, 0.29) is 0 Å². The van der Waals surface area contributed by atoms with Crippen LogP contribution in [0.3, 0.4) is 0 Å². The third kappa shape index (κ3) is 12.4. The van der Waals surface area contributed by atoms with Gasteiger partial charge in [-0.3, -0.25) is 0 Å². The molecule has 0 heteroatoms. The van der Waals surface area contributed by atoms with Crippen molar-refractivity contribution in [1.29, 1.82) is 0 Å². The van der Waals surface area contributed by atoms with Gasteiger partial charge in [0.2, 0.25) is 0 Å². The second kappa shape index (κ2) is 10.1. The van der Waals surface area contributed by atoms with Crippen molar-refractivity contribution in [1.82, 2.24) is 0 Å². The van der Waals surface area contributed by atoms with E-state index in [9.17, 15) is 0 Å². The first-order chi connectivity index (χ1) is 8.91. The Bertz CT molecular complexity index is 445. The molecule has 0 amide bonds. The highest BCUT2D eigenvalue weighted by molar-refractivity contribution is 5.20. The quantitative estimate of drug-likeness (QED) is 0.515. The van der Waals surface area contributed by atoms with Crippen molar-refractivity contribution in [2.75, 3.05) is 0 Å². The first kappa shape index (κ1) is 17.2. The molecule has 0 unspecified atom stereocenters. The summed E-state index contributed by atoms with van der Waals surface area (Å²) in [5.41, 5.74) is 5.16. The first-order valence-electron chi connectivity index (χ1n) is 6.59. The highest BCUT2D eigenvalue weighted by Gasteiger charge is 1.80. The van der Waals surface area contributed by atoms with Crippen molar-refractivity contribution in [3.8, 4) is 0 Å². The molecule has 0 aromatic heterocycles. The minimum atomic E-state index is 1.17. The van der Waals surface area contributed by atoms with E-state index < -0.39 is 0 Å². The zero-order valence-corrected chi connectivity index (χ0v) is 12.9. The van der Waals surface area contributed by atoms with Gasteiger partial charge in [0.15, 0.2) is 0 Å². The van der Waals surface area contributed by atoms with Gasteiger partial charge in [0.05, 0.1) is 0 Å². The zero-order chi connectivity index (χ0) is 14.7. The van der Waals surface area contributed by atoms with Gasteiger partial charge in [-0.2, -0.15) is 0 Å². The molecule has 19 heavy (non-hydrogen) atoms. The average molecular weight is 254 g/mol. The molecule has 0 heterocycles. The van der Waals surface area contributed by atoms with E-state index >= 15 is 0 Å². The number of aryl methyl sites for hydroxylation is 3. The lowest BCUT2D eigenvalue weighted by Gasteiger charge is -1.90. The summed E-state index contributed by atoms with van der Waals surface area (Å²) in [4.78, 5) is 0. The fourth-order valence-corrected chi connectivity index (χ4v) is 1.34. The van der Waals surface area contributed by atoms with E-state index in [2.05, 4.69) is 63.7 Å². The van der Waals surface area contributed by atoms with Crippen LogP contribution in [0, 0.1) is 20.8 Å². The molecule has 0 aliphatic carbocycles. The van der Waals surface area contributed by atoms with Crippen molar-refractivity contribution in [3.63, 3.8) is 0 Å². The Morgan fingerprint density at radius 3 is 1.26 bits per heavy atom. The average Bonchev–Trinajstić information content (AvgIpc) is 2.29. The van der Waals surface area contributed by atoms with Crippen molar-refractivity contribution < 1.29 is 0 Å². The first-order valence-corrected chi connectivity index (χ1v) is 6.59. The largest absolute Gasteiger partial charge is 0.100 e. The predicted octanol–water partition coefficient (Wildman–Crippen LogP) is 5.88. The van der Waals surface area contributed by atoms with Gasteiger partial charge in [-0.1, -0.05) is 76.9 Å². The van der Waals surface area contributed by atoms with Gasteiger partial charge in [0.1, 0.15) is 0 Å². The normalized spacial score (nSPS) is 8.47. The Morgan fingerprint density at radius 2 is 1.05 bits per heavy atom. The molecule has 2 aromatic carbocycles. The number of benzene rings is 2. The molecule has 0 fully saturated rings. The van der Waals surface area contributed by atoms with E-state index in [0.717, 1.165) is 0 Å². The molecule has 0 radical (unpaired) electrons. The summed E-state index contributed by atoms with van der Waals surface area (Å²) in [5, 5.41) is 0. The predicted molar refractivity (Wildman–Crippen MR) is 87.6 cm³/mol. The highest BCUT2D eigenvalue weighted by Crippen LogP contribution is 2.00. The monoisotopic (exact) mass is 254 g/mol. The molecule has 0 N–H and O–H groups in total. The van der Waals surface area contributed by atoms with Crippen LogP contribution in [0.25, 0.3) is 0 Å². The molecule has 0 saturated carbocycles. The van der Waals surface area contributed by atoms with Crippen molar-refractivity contribution in [2.45, 2.75) is 34.6 Å². The third-order valence-corrected chi connectivity index (χ3v) is 2.11. The minimum absolute atomic E-state index is 1.17. The molecule has 2 rings (SSSR count). The topological polar surface area (TPSA) is 0 Å². The van der Waals surface area contributed by atoms with Crippen LogP contribution in [0.4, 0.5) is 0 Å². The van der Waals surface area contributed by atoms with Crippen LogP contribution in [0.1, 0.15) is 30.5 Å². The third-order valence-electron chi connectivity index (χ3n) is 2.11. The number of allylic oxidation sites excluding steroid dienone is 1. The fourth-order valence-electron chi connectivity index (χ4n) is 1.34. The molecule has 0 atom stereocenters. The number of rotatable bonds is 0. The lowest BCUT2D eigenvalue weighted by atomic mass is 10.2. The van der Waals surface area contributed by atoms with Crippen LogP contribution in [-0.4, -0.2) is 0 Å². The number of hydrogen-bond acceptors (Lipinski definition) is 0. The molecule has 0 saturated heterocycles. The fraction of sp³-hybridized carbons (Fsp3) is 0.263. The molecule has 0 aliphatic rings. The van der Waals surface area contributed by atoms with Crippen LogP contribution in [0.15, 0.2) is 66.7 Å². The minimum Gasteiger partial charge on any atom is -0.100 e. The Morgan fingerprint density at radius 1 is 0.684 bits per heavy atom. The lowest BCUT2D eigenvalue weighted by molar-refractivity contribution is 1.39. The molecule has 0 aliphatic heterocycles. The maximum atomic E-state index is 3.56. The molecule has 0 bridgehead atoms. The summed E-state index contributed by atoms with van der Waals surface area (Å²) in [6.45, 7) is 13.8. The van der Waals surface area contributed by atoms with Gasteiger partial charge in [-0.25, -0.2) is 0 Å². The molecule has 102 valence electrons. The van der Waals surface area contributed by atoms with Gasteiger partial charge in [0, 0.05) is 0 Å². The van der Waals surface area contributed by atoms with Crippen LogP contribution in [0.5, 0.6) is 0 Å². The number of hydrogen-bond donors (Lipinski definition) is 0. The Labute approximate surface area is 118 Å². The SMILES string of the molecule is C=C(C)C.Cc1cccc(C)c1.Cc1ccccc1. The van der Waals surface area contributed by atoms with Crippen LogP contribution >= 0.6 is 0 Å². The molecular formula is C19H26. The van der Waals surface area contributed by atoms with Gasteiger partial charge in [-0.05, 0) is 34.6 Å². The van der Waals surface area contributed by atoms with Gasteiger partial charge in [-0.15, -0.1) is 6.58 Å². The standard InChI is InChI=1S/C8H10.C7H8.C4H8/c1-7-4-3-5-8(2)6-7;1-7-5-3-2-4-6-7;1-4(2)3/h3-6H,1-2H3;2-6H,1H3;1H2,2-3H3. The van der Waals surface area contributed by atoms with E-state index in [1.54, 1.807) is 0 Å². The Hall–Kier alpha value is -1.82. The maximum Gasteiger partial charge on any atom is -0.0398 e. The van der Waals surface area contributed by atoms with Gasteiger partial charge >= 0.3 is 0 Å². The molecule has 2 aromatic rings.